The van der Waals surface area contributed by atoms with Crippen LogP contribution in [0.3, 0.4) is 0 Å². The Hall–Kier alpha value is -2.49. The predicted molar refractivity (Wildman–Crippen MR) is 74.4 cm³/mol. The standard InChI is InChI=1S/C16H15NO3/c18-16-17-10-15(20-16)13-6-8-14(9-7-13)19-11-12-4-2-1-3-5-12/h1-9,15H,10-11H2,(H,17,18)/t15-/m1/s1. The van der Waals surface area contributed by atoms with Crippen LogP contribution < -0.4 is 10.1 Å². The van der Waals surface area contributed by atoms with E-state index in [9.17, 15) is 4.79 Å². The summed E-state index contributed by atoms with van der Waals surface area (Å²) in [4.78, 5) is 11.0. The third kappa shape index (κ3) is 2.91. The molecule has 1 aliphatic heterocycles. The lowest BCUT2D eigenvalue weighted by molar-refractivity contribution is 0.141. The van der Waals surface area contributed by atoms with E-state index >= 15 is 0 Å². The predicted octanol–water partition coefficient (Wildman–Crippen LogP) is 3.05. The van der Waals surface area contributed by atoms with Crippen molar-refractivity contribution in [2.24, 2.45) is 0 Å². The molecule has 0 radical (unpaired) electrons. The van der Waals surface area contributed by atoms with Gasteiger partial charge in [0.25, 0.3) is 0 Å². The molecule has 1 atom stereocenters. The highest BCUT2D eigenvalue weighted by Crippen LogP contribution is 2.23. The Balaban J connectivity index is 1.60. The molecule has 2 aromatic carbocycles. The smallest absolute Gasteiger partial charge is 0.407 e. The van der Waals surface area contributed by atoms with Gasteiger partial charge in [0.05, 0.1) is 6.54 Å². The van der Waals surface area contributed by atoms with E-state index in [1.54, 1.807) is 0 Å². The largest absolute Gasteiger partial charge is 0.489 e. The molecule has 102 valence electrons. The highest BCUT2D eigenvalue weighted by molar-refractivity contribution is 5.69. The van der Waals surface area contributed by atoms with E-state index in [0.717, 1.165) is 16.9 Å². The van der Waals surface area contributed by atoms with Gasteiger partial charge in [0, 0.05) is 0 Å². The van der Waals surface area contributed by atoms with Crippen molar-refractivity contribution in [2.75, 3.05) is 6.54 Å². The second-order valence-corrected chi connectivity index (χ2v) is 4.62. The highest BCUT2D eigenvalue weighted by Gasteiger charge is 2.23. The van der Waals surface area contributed by atoms with Gasteiger partial charge in [-0.1, -0.05) is 42.5 Å². The zero-order chi connectivity index (χ0) is 13.8. The summed E-state index contributed by atoms with van der Waals surface area (Å²) in [5, 5.41) is 2.64. The molecule has 0 aromatic heterocycles. The minimum absolute atomic E-state index is 0.203. The normalized spacial score (nSPS) is 17.4. The van der Waals surface area contributed by atoms with E-state index in [2.05, 4.69) is 5.32 Å². The third-order valence-electron chi connectivity index (χ3n) is 3.18. The summed E-state index contributed by atoms with van der Waals surface area (Å²) < 4.78 is 10.8. The van der Waals surface area contributed by atoms with E-state index in [4.69, 9.17) is 9.47 Å². The van der Waals surface area contributed by atoms with Gasteiger partial charge in [-0.3, -0.25) is 0 Å². The van der Waals surface area contributed by atoms with Crippen molar-refractivity contribution in [1.82, 2.24) is 5.32 Å². The summed E-state index contributed by atoms with van der Waals surface area (Å²) in [5.41, 5.74) is 2.10. The summed E-state index contributed by atoms with van der Waals surface area (Å²) in [6.07, 6.45) is -0.565. The molecule has 20 heavy (non-hydrogen) atoms. The number of rotatable bonds is 4. The van der Waals surface area contributed by atoms with Crippen LogP contribution in [0.15, 0.2) is 54.6 Å². The minimum Gasteiger partial charge on any atom is -0.489 e. The molecule has 4 heteroatoms. The number of benzene rings is 2. The zero-order valence-electron chi connectivity index (χ0n) is 10.9. The van der Waals surface area contributed by atoms with E-state index < -0.39 is 0 Å². The van der Waals surface area contributed by atoms with Crippen molar-refractivity contribution in [1.29, 1.82) is 0 Å². The second-order valence-electron chi connectivity index (χ2n) is 4.62. The number of nitrogens with one attached hydrogen (secondary N) is 1. The van der Waals surface area contributed by atoms with Crippen LogP contribution >= 0.6 is 0 Å². The van der Waals surface area contributed by atoms with Crippen LogP contribution in [-0.4, -0.2) is 12.6 Å². The van der Waals surface area contributed by atoms with Crippen LogP contribution in [0.1, 0.15) is 17.2 Å². The third-order valence-corrected chi connectivity index (χ3v) is 3.18. The summed E-state index contributed by atoms with van der Waals surface area (Å²) in [6.45, 7) is 1.06. The lowest BCUT2D eigenvalue weighted by Crippen LogP contribution is -2.12. The van der Waals surface area contributed by atoms with Crippen LogP contribution in [0, 0.1) is 0 Å². The number of cyclic esters (lactones) is 1. The van der Waals surface area contributed by atoms with Crippen molar-refractivity contribution in [3.8, 4) is 5.75 Å². The van der Waals surface area contributed by atoms with Crippen LogP contribution in [-0.2, 0) is 11.3 Å². The number of hydrogen-bond donors (Lipinski definition) is 1. The molecule has 1 aliphatic rings. The first kappa shape index (κ1) is 12.5. The molecule has 1 N–H and O–H groups in total. The molecule has 0 saturated carbocycles. The van der Waals surface area contributed by atoms with E-state index in [-0.39, 0.29) is 12.2 Å². The molecule has 0 unspecified atom stereocenters. The Kier molecular flexibility index (Phi) is 3.54. The molecule has 1 amide bonds. The minimum atomic E-state index is -0.362. The Labute approximate surface area is 117 Å². The molecule has 1 fully saturated rings. The van der Waals surface area contributed by atoms with Gasteiger partial charge >= 0.3 is 6.09 Å². The molecule has 1 heterocycles. The number of hydrogen-bond acceptors (Lipinski definition) is 3. The SMILES string of the molecule is O=C1NC[C@H](c2ccc(OCc3ccccc3)cc2)O1. The lowest BCUT2D eigenvalue weighted by atomic mass is 10.1. The Morgan fingerprint density at radius 1 is 1.10 bits per heavy atom. The van der Waals surface area contributed by atoms with Gasteiger partial charge in [-0.2, -0.15) is 0 Å². The number of carbonyl (C=O) groups excluding carboxylic acids is 1. The molecule has 0 aliphatic carbocycles. The van der Waals surface area contributed by atoms with E-state index in [0.29, 0.717) is 13.2 Å². The molecule has 2 aromatic rings. The summed E-state index contributed by atoms with van der Waals surface area (Å²) in [6, 6.07) is 17.6. The summed E-state index contributed by atoms with van der Waals surface area (Å²) in [7, 11) is 0. The first-order valence-electron chi connectivity index (χ1n) is 6.52. The fraction of sp³-hybridized carbons (Fsp3) is 0.188. The summed E-state index contributed by atoms with van der Waals surface area (Å²) in [5.74, 6) is 0.801. The summed E-state index contributed by atoms with van der Waals surface area (Å²) >= 11 is 0. The van der Waals surface area contributed by atoms with E-state index in [1.165, 1.54) is 0 Å². The number of ether oxygens (including phenoxy) is 2. The quantitative estimate of drug-likeness (QED) is 0.928. The maximum absolute atomic E-state index is 11.0. The number of carbonyl (C=O) groups is 1. The average Bonchev–Trinajstić information content (AvgIpc) is 2.93. The van der Waals surface area contributed by atoms with Gasteiger partial charge in [-0.05, 0) is 23.3 Å². The van der Waals surface area contributed by atoms with Gasteiger partial charge in [0.2, 0.25) is 0 Å². The van der Waals surface area contributed by atoms with Crippen molar-refractivity contribution in [2.45, 2.75) is 12.7 Å². The van der Waals surface area contributed by atoms with Gasteiger partial charge in [0.1, 0.15) is 18.5 Å². The zero-order valence-corrected chi connectivity index (χ0v) is 10.9. The number of alkyl carbamates (subject to hydrolysis) is 1. The van der Waals surface area contributed by atoms with Crippen molar-refractivity contribution in [3.05, 3.63) is 65.7 Å². The van der Waals surface area contributed by atoms with Crippen LogP contribution in [0.5, 0.6) is 5.75 Å². The van der Waals surface area contributed by atoms with Gasteiger partial charge in [0.15, 0.2) is 0 Å². The molecule has 1 saturated heterocycles. The maximum Gasteiger partial charge on any atom is 0.407 e. The van der Waals surface area contributed by atoms with Gasteiger partial charge < -0.3 is 14.8 Å². The highest BCUT2D eigenvalue weighted by atomic mass is 16.6. The van der Waals surface area contributed by atoms with Crippen LogP contribution in [0.4, 0.5) is 4.79 Å². The fourth-order valence-corrected chi connectivity index (χ4v) is 2.09. The Morgan fingerprint density at radius 2 is 1.85 bits per heavy atom. The van der Waals surface area contributed by atoms with Crippen molar-refractivity contribution >= 4 is 6.09 Å². The second kappa shape index (κ2) is 5.65. The van der Waals surface area contributed by atoms with Crippen molar-refractivity contribution in [3.63, 3.8) is 0 Å². The molecular weight excluding hydrogens is 254 g/mol. The van der Waals surface area contributed by atoms with E-state index in [1.807, 2.05) is 54.6 Å². The lowest BCUT2D eigenvalue weighted by Gasteiger charge is -2.10. The monoisotopic (exact) mass is 269 g/mol. The van der Waals surface area contributed by atoms with Crippen LogP contribution in [0.2, 0.25) is 0 Å². The molecule has 3 rings (SSSR count). The maximum atomic E-state index is 11.0. The Bertz CT molecular complexity index is 580. The van der Waals surface area contributed by atoms with Crippen LogP contribution in [0.25, 0.3) is 0 Å². The number of amides is 1. The molecule has 4 nitrogen and oxygen atoms in total. The van der Waals surface area contributed by atoms with Gasteiger partial charge in [-0.15, -0.1) is 0 Å². The average molecular weight is 269 g/mol. The molecule has 0 spiro atoms. The van der Waals surface area contributed by atoms with Crippen molar-refractivity contribution < 1.29 is 14.3 Å². The first-order chi connectivity index (χ1) is 9.81. The Morgan fingerprint density at radius 3 is 2.50 bits per heavy atom. The fourth-order valence-electron chi connectivity index (χ4n) is 2.09. The molecule has 0 bridgehead atoms. The molecular formula is C16H15NO3. The first-order valence-corrected chi connectivity index (χ1v) is 6.52. The van der Waals surface area contributed by atoms with Gasteiger partial charge in [-0.25, -0.2) is 4.79 Å². The topological polar surface area (TPSA) is 47.6 Å².